The molecule has 1 fully saturated rings. The molecule has 19 heteroatoms. The molecular formula is C42H46F2N8O9. The first-order valence-electron chi connectivity index (χ1n) is 19.7. The van der Waals surface area contributed by atoms with Crippen LogP contribution in [-0.2, 0) is 32.2 Å². The second kappa shape index (κ2) is 17.4. The van der Waals surface area contributed by atoms with E-state index in [1.54, 1.807) is 50.5 Å². The van der Waals surface area contributed by atoms with Crippen LogP contribution in [0.5, 0.6) is 5.75 Å². The minimum Gasteiger partial charge on any atom is -0.488 e. The van der Waals surface area contributed by atoms with E-state index in [4.69, 9.17) is 9.15 Å². The molecule has 5 unspecified atom stereocenters. The summed E-state index contributed by atoms with van der Waals surface area (Å²) in [5.74, 6) is -0.0804. The lowest BCUT2D eigenvalue weighted by atomic mass is 9.94. The number of hydrogen-bond donors (Lipinski definition) is 4. The highest BCUT2D eigenvalue weighted by Crippen LogP contribution is 2.41. The maximum atomic E-state index is 14.7. The van der Waals surface area contributed by atoms with Gasteiger partial charge in [-0.3, -0.25) is 9.59 Å². The highest BCUT2D eigenvalue weighted by molar-refractivity contribution is 5.92. The van der Waals surface area contributed by atoms with E-state index >= 15 is 0 Å². The van der Waals surface area contributed by atoms with E-state index in [0.717, 1.165) is 0 Å². The summed E-state index contributed by atoms with van der Waals surface area (Å²) >= 11 is 0. The van der Waals surface area contributed by atoms with Crippen LogP contribution in [0.15, 0.2) is 58.0 Å². The number of likely N-dealkylation sites (tertiary alicyclic amines) is 1. The minimum absolute atomic E-state index is 0.0294. The second-order valence-electron chi connectivity index (χ2n) is 15.4. The molecular weight excluding hydrogens is 799 g/mol. The van der Waals surface area contributed by atoms with Crippen LogP contribution in [0.3, 0.4) is 0 Å². The van der Waals surface area contributed by atoms with Gasteiger partial charge in [-0.1, -0.05) is 32.0 Å². The Bertz CT molecular complexity index is 2530. The number of nitrogens with zero attached hydrogens (tertiary/aromatic N) is 4. The lowest BCUT2D eigenvalue weighted by molar-refractivity contribution is -0.136. The molecule has 2 aliphatic rings. The number of hydrogen-bond acceptors (Lipinski definition) is 11. The topological polar surface area (TPSA) is 214 Å². The molecule has 322 valence electrons. The number of amides is 4. The first kappa shape index (κ1) is 42.3. The van der Waals surface area contributed by atoms with Crippen LogP contribution in [0.25, 0.3) is 44.6 Å². The number of nitrogens with one attached hydrogen (secondary N) is 4. The largest absolute Gasteiger partial charge is 0.488 e. The normalized spacial score (nSPS) is 17.2. The van der Waals surface area contributed by atoms with Crippen molar-refractivity contribution in [2.45, 2.75) is 77.7 Å². The monoisotopic (exact) mass is 844 g/mol. The Morgan fingerprint density at radius 2 is 1.66 bits per heavy atom. The van der Waals surface area contributed by atoms with Gasteiger partial charge in [0, 0.05) is 34.1 Å². The van der Waals surface area contributed by atoms with E-state index in [1.165, 1.54) is 37.9 Å². The minimum atomic E-state index is -1.35. The molecule has 2 aliphatic heterocycles. The zero-order chi connectivity index (χ0) is 43.7. The van der Waals surface area contributed by atoms with E-state index in [-0.39, 0.29) is 38.6 Å². The molecule has 0 radical (unpaired) electrons. The highest BCUT2D eigenvalue weighted by atomic mass is 19.1. The fraction of sp³-hybridized carbons (Fsp3) is 0.405. The number of benzene rings is 2. The molecule has 2 aromatic carbocycles. The molecule has 7 rings (SSSR count). The lowest BCUT2D eigenvalue weighted by Crippen LogP contribution is -2.52. The number of fused-ring (bicyclic) bond motifs is 5. The Morgan fingerprint density at radius 1 is 0.967 bits per heavy atom. The molecule has 0 bridgehead atoms. The van der Waals surface area contributed by atoms with Crippen molar-refractivity contribution in [2.75, 3.05) is 27.3 Å². The summed E-state index contributed by atoms with van der Waals surface area (Å²) in [5.41, 5.74) is 3.73. The third-order valence-corrected chi connectivity index (χ3v) is 10.7. The standard InChI is InChI=1S/C42H46F2N8O9/c1-20(2)36(50-42(57)59-6)39(54)51(16-21(3)43)18-34-45-14-29(48-34)24-7-9-26-28-19-60-32-11-23(8-10-27(32)35(28)40(55)61-33(26)12-24)30-15-46-37(49-30)31-13-25(44)17-52(31)38(53)22(4)47-41(56)58-5/h7-12,14-15,20-22,25,31,36H,13,16-19H2,1-6H3,(H,45,48)(H,46,49)(H,47,56)(H,50,57). The zero-order valence-corrected chi connectivity index (χ0v) is 34.3. The van der Waals surface area contributed by atoms with Gasteiger partial charge in [-0.15, -0.1) is 0 Å². The molecule has 5 aromatic rings. The number of alkyl halides is 2. The Morgan fingerprint density at radius 3 is 2.38 bits per heavy atom. The number of aromatic nitrogens is 4. The fourth-order valence-electron chi connectivity index (χ4n) is 7.71. The van der Waals surface area contributed by atoms with Crippen molar-refractivity contribution in [1.82, 2.24) is 40.4 Å². The van der Waals surface area contributed by atoms with Crippen LogP contribution in [0.1, 0.15) is 57.4 Å². The van der Waals surface area contributed by atoms with E-state index in [1.807, 2.05) is 12.1 Å². The maximum absolute atomic E-state index is 14.7. The first-order chi connectivity index (χ1) is 29.1. The summed E-state index contributed by atoms with van der Waals surface area (Å²) < 4.78 is 50.3. The van der Waals surface area contributed by atoms with Gasteiger partial charge < -0.3 is 49.0 Å². The number of carbonyl (C=O) groups is 4. The Balaban J connectivity index is 1.10. The van der Waals surface area contributed by atoms with Crippen molar-refractivity contribution < 1.29 is 46.6 Å². The Kier molecular flexibility index (Phi) is 12.1. The van der Waals surface area contributed by atoms with Crippen LogP contribution in [0.4, 0.5) is 18.4 Å². The predicted octanol–water partition coefficient (Wildman–Crippen LogP) is 5.56. The second-order valence-corrected chi connectivity index (χ2v) is 15.4. The lowest BCUT2D eigenvalue weighted by Gasteiger charge is -2.29. The molecule has 5 atom stereocenters. The molecule has 5 heterocycles. The summed E-state index contributed by atoms with van der Waals surface area (Å²) in [6, 6.07) is 8.07. The average Bonchev–Trinajstić information content (AvgIpc) is 4.01. The van der Waals surface area contributed by atoms with Gasteiger partial charge in [0.05, 0.1) is 69.2 Å². The molecule has 61 heavy (non-hydrogen) atoms. The van der Waals surface area contributed by atoms with Gasteiger partial charge in [0.15, 0.2) is 0 Å². The molecule has 1 saturated heterocycles. The molecule has 0 spiro atoms. The first-order valence-corrected chi connectivity index (χ1v) is 19.7. The highest BCUT2D eigenvalue weighted by Gasteiger charge is 2.40. The number of alkyl carbamates (subject to hydrolysis) is 2. The van der Waals surface area contributed by atoms with Gasteiger partial charge >= 0.3 is 17.8 Å². The number of ether oxygens (including phenoxy) is 3. The van der Waals surface area contributed by atoms with Gasteiger partial charge in [0.2, 0.25) is 11.8 Å². The molecule has 0 aliphatic carbocycles. The van der Waals surface area contributed by atoms with Crippen LogP contribution in [0.2, 0.25) is 0 Å². The van der Waals surface area contributed by atoms with Crippen molar-refractivity contribution in [1.29, 1.82) is 0 Å². The number of imidazole rings is 2. The molecule has 4 amide bonds. The zero-order valence-electron chi connectivity index (χ0n) is 34.3. The van der Waals surface area contributed by atoms with Gasteiger partial charge in [0.25, 0.3) is 0 Å². The molecule has 17 nitrogen and oxygen atoms in total. The van der Waals surface area contributed by atoms with E-state index < -0.39 is 60.1 Å². The number of methoxy groups -OCH3 is 2. The van der Waals surface area contributed by atoms with Crippen LogP contribution in [-0.4, -0.2) is 105 Å². The summed E-state index contributed by atoms with van der Waals surface area (Å²) in [5, 5.41) is 5.62. The Labute approximate surface area is 348 Å². The summed E-state index contributed by atoms with van der Waals surface area (Å²) in [4.78, 5) is 81.9. The fourth-order valence-corrected chi connectivity index (χ4v) is 7.71. The predicted molar refractivity (Wildman–Crippen MR) is 217 cm³/mol. The van der Waals surface area contributed by atoms with Crippen LogP contribution in [0, 0.1) is 5.92 Å². The number of aromatic amines is 2. The van der Waals surface area contributed by atoms with E-state index in [9.17, 15) is 32.8 Å². The van der Waals surface area contributed by atoms with Gasteiger partial charge in [-0.25, -0.2) is 33.1 Å². The van der Waals surface area contributed by atoms with Gasteiger partial charge in [-0.2, -0.15) is 0 Å². The number of H-pyrrole nitrogens is 2. The summed E-state index contributed by atoms with van der Waals surface area (Å²) in [7, 11) is 2.38. The van der Waals surface area contributed by atoms with Crippen molar-refractivity contribution in [3.63, 3.8) is 0 Å². The third-order valence-electron chi connectivity index (χ3n) is 10.7. The number of rotatable bonds is 12. The van der Waals surface area contributed by atoms with Crippen molar-refractivity contribution in [3.8, 4) is 39.4 Å². The van der Waals surface area contributed by atoms with E-state index in [2.05, 4.69) is 40.0 Å². The molecule has 0 saturated carbocycles. The third kappa shape index (κ3) is 8.76. The maximum Gasteiger partial charge on any atom is 0.407 e. The van der Waals surface area contributed by atoms with Crippen LogP contribution >= 0.6 is 0 Å². The smallest absolute Gasteiger partial charge is 0.407 e. The van der Waals surface area contributed by atoms with Crippen LogP contribution < -0.4 is 21.0 Å². The van der Waals surface area contributed by atoms with Gasteiger partial charge in [0.1, 0.15) is 54.0 Å². The number of carbonyl (C=O) groups excluding carboxylic acids is 4. The molecule has 3 aromatic heterocycles. The molecule has 4 N–H and O–H groups in total. The van der Waals surface area contributed by atoms with Gasteiger partial charge in [-0.05, 0) is 38.0 Å². The average molecular weight is 845 g/mol. The SMILES string of the molecule is COC(=O)NC(C)C(=O)N1CC(F)CC1c1ncc(-c2ccc3c(c2)OCc2c-3c(=O)oc3cc(-c4cnc(CN(CC(C)F)C(=O)C(NC(=O)OC)C(C)C)[nH]4)ccc23)[nH]1. The van der Waals surface area contributed by atoms with Crippen molar-refractivity contribution >= 4 is 35.0 Å². The van der Waals surface area contributed by atoms with Crippen molar-refractivity contribution in [2.24, 2.45) is 5.92 Å². The Hall–Kier alpha value is -6.79. The quantitative estimate of drug-likeness (QED) is 0.114. The van der Waals surface area contributed by atoms with Crippen molar-refractivity contribution in [3.05, 3.63) is 76.4 Å². The van der Waals surface area contributed by atoms with E-state index in [0.29, 0.717) is 67.6 Å². The number of halogens is 2. The summed E-state index contributed by atoms with van der Waals surface area (Å²) in [6.07, 6.45) is -1.01. The summed E-state index contributed by atoms with van der Waals surface area (Å²) in [6.45, 7) is 5.99.